The van der Waals surface area contributed by atoms with Crippen LogP contribution >= 0.6 is 0 Å². The van der Waals surface area contributed by atoms with E-state index in [1.54, 1.807) is 0 Å². The Labute approximate surface area is 113 Å². The lowest BCUT2D eigenvalue weighted by atomic mass is 9.18. The third-order valence-electron chi connectivity index (χ3n) is 6.93. The first-order valence-corrected chi connectivity index (χ1v) is 7.62. The van der Waals surface area contributed by atoms with Crippen LogP contribution in [0.25, 0.3) is 0 Å². The van der Waals surface area contributed by atoms with E-state index in [0.29, 0.717) is 21.2 Å². The van der Waals surface area contributed by atoms with E-state index in [2.05, 4.69) is 46.2 Å². The quantitative estimate of drug-likeness (QED) is 0.479. The Morgan fingerprint density at radius 1 is 0.706 bits per heavy atom. The van der Waals surface area contributed by atoms with Crippen LogP contribution in [0.15, 0.2) is 0 Å². The molecule has 2 rings (SSSR count). The molecule has 0 aromatic carbocycles. The van der Waals surface area contributed by atoms with Crippen LogP contribution in [0, 0.1) is 5.41 Å². The third kappa shape index (κ3) is 2.06. The van der Waals surface area contributed by atoms with Crippen molar-refractivity contribution in [2.45, 2.75) is 67.6 Å². The summed E-state index contributed by atoms with van der Waals surface area (Å²) in [6.07, 6.45) is 10.3. The van der Waals surface area contributed by atoms with Gasteiger partial charge in [-0.3, -0.25) is 0 Å². The van der Waals surface area contributed by atoms with E-state index in [1.807, 2.05) is 0 Å². The van der Waals surface area contributed by atoms with E-state index in [-0.39, 0.29) is 0 Å². The molecular weight excluding hydrogens is 198 g/mol. The van der Waals surface area contributed by atoms with Gasteiger partial charge in [0.15, 0.2) is 0 Å². The molecule has 0 N–H and O–H groups in total. The standard InChI is InChI=1S/C12H27B5/c1-9(13)11(14,15)7-10(8-12(9,16)17)5-3-2-4-6-10/h2-8,13-17H2,1H3. The summed E-state index contributed by atoms with van der Waals surface area (Å²) in [6, 6.07) is 0. The Balaban J connectivity index is 2.32. The van der Waals surface area contributed by atoms with Gasteiger partial charge < -0.3 is 0 Å². The molecule has 0 atom stereocenters. The van der Waals surface area contributed by atoms with Crippen LogP contribution in [-0.4, -0.2) is 39.2 Å². The summed E-state index contributed by atoms with van der Waals surface area (Å²) in [4.78, 5) is 0. The molecule has 0 radical (unpaired) electrons. The van der Waals surface area contributed by atoms with Crippen LogP contribution in [0.2, 0.25) is 15.7 Å². The van der Waals surface area contributed by atoms with Crippen LogP contribution < -0.4 is 0 Å². The molecule has 2 saturated carbocycles. The number of rotatable bonds is 0. The fraction of sp³-hybridized carbons (Fsp3) is 1.00. The third-order valence-corrected chi connectivity index (χ3v) is 6.93. The summed E-state index contributed by atoms with van der Waals surface area (Å²) in [6.45, 7) is 2.50. The van der Waals surface area contributed by atoms with E-state index in [0.717, 1.165) is 0 Å². The van der Waals surface area contributed by atoms with Crippen LogP contribution in [0.5, 0.6) is 0 Å². The van der Waals surface area contributed by atoms with Gasteiger partial charge in [0.25, 0.3) is 0 Å². The van der Waals surface area contributed by atoms with Gasteiger partial charge in [-0.1, -0.05) is 54.8 Å². The van der Waals surface area contributed by atoms with Crippen molar-refractivity contribution in [3.8, 4) is 0 Å². The van der Waals surface area contributed by atoms with Gasteiger partial charge in [-0.15, -0.1) is 0 Å². The second kappa shape index (κ2) is 3.91. The highest BCUT2D eigenvalue weighted by Crippen LogP contribution is 2.72. The van der Waals surface area contributed by atoms with Gasteiger partial charge in [0.05, 0.1) is 31.4 Å². The minimum absolute atomic E-state index is 0.447. The van der Waals surface area contributed by atoms with Crippen molar-refractivity contribution >= 4 is 39.2 Å². The predicted octanol–water partition coefficient (Wildman–Crippen LogP) is -0.693. The zero-order valence-corrected chi connectivity index (χ0v) is 12.9. The lowest BCUT2D eigenvalue weighted by molar-refractivity contribution is 0.0868. The molecule has 0 amide bonds. The van der Waals surface area contributed by atoms with Crippen molar-refractivity contribution in [3.05, 3.63) is 0 Å². The molecular formula is C12H27B5. The second-order valence-electron chi connectivity index (χ2n) is 8.81. The van der Waals surface area contributed by atoms with E-state index >= 15 is 0 Å². The maximum Gasteiger partial charge on any atom is 0.106 e. The monoisotopic (exact) mass is 226 g/mol. The Bertz CT molecular complexity index is 280. The van der Waals surface area contributed by atoms with Crippen molar-refractivity contribution in [2.24, 2.45) is 5.41 Å². The van der Waals surface area contributed by atoms with Crippen molar-refractivity contribution < 1.29 is 0 Å². The highest BCUT2D eigenvalue weighted by atomic mass is 14.5. The molecule has 0 heterocycles. The molecule has 0 saturated heterocycles. The fourth-order valence-electron chi connectivity index (χ4n) is 4.95. The van der Waals surface area contributed by atoms with Crippen molar-refractivity contribution in [1.82, 2.24) is 0 Å². The molecule has 0 unspecified atom stereocenters. The van der Waals surface area contributed by atoms with Gasteiger partial charge in [-0.2, -0.15) is 0 Å². The van der Waals surface area contributed by atoms with Gasteiger partial charge in [0, 0.05) is 0 Å². The highest BCUT2D eigenvalue weighted by molar-refractivity contribution is 6.52. The van der Waals surface area contributed by atoms with Gasteiger partial charge >= 0.3 is 0 Å². The summed E-state index contributed by atoms with van der Waals surface area (Å²) in [7, 11) is 12.6. The molecule has 2 aliphatic carbocycles. The van der Waals surface area contributed by atoms with Gasteiger partial charge in [-0.05, 0) is 18.3 Å². The molecule has 1 spiro atoms. The van der Waals surface area contributed by atoms with Crippen LogP contribution in [0.4, 0.5) is 0 Å². The minimum Gasteiger partial charge on any atom is -0.0864 e. The lowest BCUT2D eigenvalue weighted by Gasteiger charge is -2.64. The maximum atomic E-state index is 2.52. The zero-order chi connectivity index (χ0) is 12.9. The summed E-state index contributed by atoms with van der Waals surface area (Å²) in [5, 5.41) is 1.40. The molecule has 0 aliphatic heterocycles. The van der Waals surface area contributed by atoms with Gasteiger partial charge in [-0.25, -0.2) is 0 Å². The summed E-state index contributed by atoms with van der Waals surface area (Å²) < 4.78 is 0. The molecule has 0 aromatic heterocycles. The molecule has 0 aromatic rings. The topological polar surface area (TPSA) is 0 Å². The Hall–Kier alpha value is 0.325. The largest absolute Gasteiger partial charge is 0.106 e. The first-order chi connectivity index (χ1) is 7.62. The van der Waals surface area contributed by atoms with Crippen molar-refractivity contribution in [3.63, 3.8) is 0 Å². The summed E-state index contributed by atoms with van der Waals surface area (Å²) in [5.41, 5.74) is 0.681. The molecule has 2 fully saturated rings. The average Bonchev–Trinajstić information content (AvgIpc) is 2.14. The normalized spacial score (nSPS) is 33.2. The molecule has 90 valence electrons. The van der Waals surface area contributed by atoms with Crippen LogP contribution in [-0.2, 0) is 0 Å². The molecule has 0 bridgehead atoms. The molecule has 0 nitrogen and oxygen atoms in total. The molecule has 17 heavy (non-hydrogen) atoms. The van der Waals surface area contributed by atoms with Crippen LogP contribution in [0.1, 0.15) is 51.9 Å². The Kier molecular flexibility index (Phi) is 3.16. The number of hydrogen-bond donors (Lipinski definition) is 0. The minimum atomic E-state index is 0.447. The smallest absolute Gasteiger partial charge is 0.0864 e. The van der Waals surface area contributed by atoms with E-state index in [4.69, 9.17) is 0 Å². The predicted molar refractivity (Wildman–Crippen MR) is 91.2 cm³/mol. The Morgan fingerprint density at radius 2 is 1.12 bits per heavy atom. The average molecular weight is 225 g/mol. The highest BCUT2D eigenvalue weighted by Gasteiger charge is 2.56. The zero-order valence-electron chi connectivity index (χ0n) is 12.9. The van der Waals surface area contributed by atoms with Crippen LogP contribution in [0.3, 0.4) is 0 Å². The Morgan fingerprint density at radius 3 is 1.53 bits per heavy atom. The first kappa shape index (κ1) is 13.7. The van der Waals surface area contributed by atoms with Crippen molar-refractivity contribution in [1.29, 1.82) is 0 Å². The molecule has 5 heteroatoms. The first-order valence-electron chi connectivity index (χ1n) is 7.62. The fourth-order valence-corrected chi connectivity index (χ4v) is 4.95. The summed E-state index contributed by atoms with van der Waals surface area (Å²) >= 11 is 0. The lowest BCUT2D eigenvalue weighted by Crippen LogP contribution is -2.51. The summed E-state index contributed by atoms with van der Waals surface area (Å²) in [5.74, 6) is 0. The van der Waals surface area contributed by atoms with Gasteiger partial charge in [0.1, 0.15) is 7.85 Å². The number of hydrogen-bond acceptors (Lipinski definition) is 0. The van der Waals surface area contributed by atoms with Gasteiger partial charge in [0.2, 0.25) is 0 Å². The SMILES string of the molecule is BC1(B)CC2(CCCCC2)CC(B)(B)C1(B)C. The maximum absolute atomic E-state index is 2.52. The molecule has 2 aliphatic rings. The van der Waals surface area contributed by atoms with Crippen molar-refractivity contribution in [2.75, 3.05) is 0 Å². The van der Waals surface area contributed by atoms with E-state index < -0.39 is 0 Å². The van der Waals surface area contributed by atoms with E-state index in [9.17, 15) is 0 Å². The second-order valence-corrected chi connectivity index (χ2v) is 8.81. The van der Waals surface area contributed by atoms with E-state index in [1.165, 1.54) is 44.9 Å².